The van der Waals surface area contributed by atoms with Crippen LogP contribution in [0.15, 0.2) is 61.1 Å². The second-order valence-corrected chi connectivity index (χ2v) is 7.74. The minimum absolute atomic E-state index is 0.0346. The van der Waals surface area contributed by atoms with Crippen LogP contribution in [0.1, 0.15) is 23.7 Å². The SMILES string of the molecule is COc1cc(C=CC(=N)N2C(=O)OCC2(C)c2ccc(F)cc2)ccc1-n1cnc(C)c1. The molecule has 1 aromatic heterocycles. The van der Waals surface area contributed by atoms with E-state index in [0.717, 1.165) is 16.9 Å². The van der Waals surface area contributed by atoms with Crippen molar-refractivity contribution in [2.45, 2.75) is 19.4 Å². The molecule has 0 aliphatic carbocycles. The van der Waals surface area contributed by atoms with E-state index in [2.05, 4.69) is 4.98 Å². The molecular weight excluding hydrogens is 411 g/mol. The van der Waals surface area contributed by atoms with Gasteiger partial charge in [-0.25, -0.2) is 19.1 Å². The van der Waals surface area contributed by atoms with Crippen molar-refractivity contribution in [2.75, 3.05) is 13.7 Å². The first-order chi connectivity index (χ1) is 15.3. The number of methoxy groups -OCH3 is 1. The summed E-state index contributed by atoms with van der Waals surface area (Å²) >= 11 is 0. The van der Waals surface area contributed by atoms with Gasteiger partial charge in [0.25, 0.3) is 0 Å². The summed E-state index contributed by atoms with van der Waals surface area (Å²) in [5.41, 5.74) is 2.30. The third kappa shape index (κ3) is 3.87. The van der Waals surface area contributed by atoms with E-state index in [-0.39, 0.29) is 18.3 Å². The number of nitrogens with zero attached hydrogens (tertiary/aromatic N) is 3. The normalized spacial score (nSPS) is 18.2. The minimum atomic E-state index is -0.910. The van der Waals surface area contributed by atoms with Gasteiger partial charge in [-0.2, -0.15) is 0 Å². The van der Waals surface area contributed by atoms with Gasteiger partial charge in [0.05, 0.1) is 24.8 Å². The maximum absolute atomic E-state index is 13.4. The number of aromatic nitrogens is 2. The Bertz CT molecular complexity index is 1200. The predicted molar refractivity (Wildman–Crippen MR) is 119 cm³/mol. The van der Waals surface area contributed by atoms with E-state index >= 15 is 0 Å². The van der Waals surface area contributed by atoms with Gasteiger partial charge in [-0.15, -0.1) is 0 Å². The van der Waals surface area contributed by atoms with E-state index in [9.17, 15) is 9.18 Å². The van der Waals surface area contributed by atoms with Crippen LogP contribution in [0.4, 0.5) is 9.18 Å². The Morgan fingerprint density at radius 1 is 1.28 bits per heavy atom. The standard InChI is InChI=1S/C24H23FN4O3/c1-16-13-28(15-27-16)20-10-4-17(12-21(20)31-3)5-11-22(26)29-23(30)32-14-24(29,2)18-6-8-19(25)9-7-18/h4-13,15,26H,14H2,1-3H3. The molecule has 0 bridgehead atoms. The largest absolute Gasteiger partial charge is 0.495 e. The molecule has 4 rings (SSSR count). The number of ether oxygens (including phenoxy) is 2. The molecule has 0 saturated carbocycles. The summed E-state index contributed by atoms with van der Waals surface area (Å²) in [5, 5.41) is 8.51. The number of hydrogen-bond donors (Lipinski definition) is 1. The van der Waals surface area contributed by atoms with Crippen LogP contribution in [0.3, 0.4) is 0 Å². The van der Waals surface area contributed by atoms with E-state index in [1.807, 2.05) is 35.9 Å². The van der Waals surface area contributed by atoms with Crippen molar-refractivity contribution in [2.24, 2.45) is 0 Å². The number of halogens is 1. The van der Waals surface area contributed by atoms with Crippen molar-refractivity contribution in [3.05, 3.63) is 83.7 Å². The fourth-order valence-electron chi connectivity index (χ4n) is 3.73. The van der Waals surface area contributed by atoms with Crippen LogP contribution < -0.4 is 4.74 Å². The number of nitrogens with one attached hydrogen (secondary N) is 1. The third-order valence-corrected chi connectivity index (χ3v) is 5.49. The topological polar surface area (TPSA) is 80.4 Å². The van der Waals surface area contributed by atoms with E-state index in [4.69, 9.17) is 14.9 Å². The van der Waals surface area contributed by atoms with Gasteiger partial charge in [0, 0.05) is 6.20 Å². The molecule has 0 spiro atoms. The average molecular weight is 434 g/mol. The van der Waals surface area contributed by atoms with Crippen molar-refractivity contribution in [3.8, 4) is 11.4 Å². The summed E-state index contributed by atoms with van der Waals surface area (Å²) in [5.74, 6) is 0.243. The number of amidine groups is 1. The van der Waals surface area contributed by atoms with Crippen LogP contribution in [0.25, 0.3) is 11.8 Å². The summed E-state index contributed by atoms with van der Waals surface area (Å²) in [6, 6.07) is 11.5. The molecule has 1 amide bonds. The predicted octanol–water partition coefficient (Wildman–Crippen LogP) is 4.69. The zero-order valence-electron chi connectivity index (χ0n) is 18.0. The molecule has 1 N–H and O–H groups in total. The van der Waals surface area contributed by atoms with Gasteiger partial charge in [-0.1, -0.05) is 24.3 Å². The molecule has 164 valence electrons. The molecule has 1 aliphatic heterocycles. The van der Waals surface area contributed by atoms with Crippen LogP contribution in [0, 0.1) is 18.2 Å². The molecule has 7 nitrogen and oxygen atoms in total. The Morgan fingerprint density at radius 3 is 2.69 bits per heavy atom. The molecule has 1 fully saturated rings. The number of hydrogen-bond acceptors (Lipinski definition) is 5. The van der Waals surface area contributed by atoms with E-state index in [0.29, 0.717) is 11.3 Å². The number of aryl methyl sites for hydroxylation is 1. The van der Waals surface area contributed by atoms with E-state index in [1.165, 1.54) is 23.1 Å². The number of carbonyl (C=O) groups is 1. The highest BCUT2D eigenvalue weighted by Crippen LogP contribution is 2.35. The van der Waals surface area contributed by atoms with Gasteiger partial charge in [0.2, 0.25) is 0 Å². The van der Waals surface area contributed by atoms with Crippen LogP contribution in [-0.4, -0.2) is 40.1 Å². The number of cyclic esters (lactones) is 1. The Morgan fingerprint density at radius 2 is 2.03 bits per heavy atom. The lowest BCUT2D eigenvalue weighted by Crippen LogP contribution is -2.45. The number of amides is 1. The van der Waals surface area contributed by atoms with Crippen molar-refractivity contribution >= 4 is 18.0 Å². The van der Waals surface area contributed by atoms with Crippen molar-refractivity contribution in [1.82, 2.24) is 14.5 Å². The summed E-state index contributed by atoms with van der Waals surface area (Å²) in [6.45, 7) is 3.77. The highest BCUT2D eigenvalue weighted by atomic mass is 19.1. The Kier molecular flexibility index (Phi) is 5.52. The molecule has 1 atom stereocenters. The molecule has 32 heavy (non-hydrogen) atoms. The number of imidazole rings is 1. The molecule has 2 aromatic carbocycles. The quantitative estimate of drug-likeness (QED) is 0.467. The van der Waals surface area contributed by atoms with Crippen molar-refractivity contribution in [3.63, 3.8) is 0 Å². The highest BCUT2D eigenvalue weighted by Gasteiger charge is 2.46. The molecular formula is C24H23FN4O3. The molecule has 1 aliphatic rings. The highest BCUT2D eigenvalue weighted by molar-refractivity contribution is 6.04. The second kappa shape index (κ2) is 8.30. The lowest BCUT2D eigenvalue weighted by molar-refractivity contribution is 0.168. The molecule has 1 saturated heterocycles. The fourth-order valence-corrected chi connectivity index (χ4v) is 3.73. The first-order valence-electron chi connectivity index (χ1n) is 10.0. The van der Waals surface area contributed by atoms with Gasteiger partial charge < -0.3 is 14.0 Å². The molecule has 8 heteroatoms. The van der Waals surface area contributed by atoms with Crippen molar-refractivity contribution in [1.29, 1.82) is 5.41 Å². The van der Waals surface area contributed by atoms with Gasteiger partial charge in [-0.3, -0.25) is 5.41 Å². The zero-order valence-corrected chi connectivity index (χ0v) is 18.0. The fraction of sp³-hybridized carbons (Fsp3) is 0.208. The Hall–Kier alpha value is -3.94. The summed E-state index contributed by atoms with van der Waals surface area (Å²) in [7, 11) is 1.59. The minimum Gasteiger partial charge on any atom is -0.495 e. The van der Waals surface area contributed by atoms with Gasteiger partial charge >= 0.3 is 6.09 Å². The van der Waals surface area contributed by atoms with Crippen molar-refractivity contribution < 1.29 is 18.7 Å². The molecule has 3 aromatic rings. The number of rotatable bonds is 5. The van der Waals surface area contributed by atoms with Gasteiger partial charge in [-0.05, 0) is 55.3 Å². The monoisotopic (exact) mass is 434 g/mol. The smallest absolute Gasteiger partial charge is 0.416 e. The lowest BCUT2D eigenvalue weighted by Gasteiger charge is -2.31. The molecule has 1 unspecified atom stereocenters. The van der Waals surface area contributed by atoms with Gasteiger partial charge in [0.1, 0.15) is 29.5 Å². The van der Waals surface area contributed by atoms with Crippen LogP contribution >= 0.6 is 0 Å². The summed E-state index contributed by atoms with van der Waals surface area (Å²) in [4.78, 5) is 17.9. The van der Waals surface area contributed by atoms with Crippen LogP contribution in [0.2, 0.25) is 0 Å². The zero-order chi connectivity index (χ0) is 22.9. The summed E-state index contributed by atoms with van der Waals surface area (Å²) < 4.78 is 26.0. The Balaban J connectivity index is 1.59. The third-order valence-electron chi connectivity index (χ3n) is 5.49. The van der Waals surface area contributed by atoms with E-state index in [1.54, 1.807) is 38.6 Å². The van der Waals surface area contributed by atoms with Crippen LogP contribution in [-0.2, 0) is 10.3 Å². The number of carbonyl (C=O) groups excluding carboxylic acids is 1. The van der Waals surface area contributed by atoms with E-state index < -0.39 is 11.6 Å². The lowest BCUT2D eigenvalue weighted by atomic mass is 9.91. The second-order valence-electron chi connectivity index (χ2n) is 7.74. The first kappa shape index (κ1) is 21.3. The van der Waals surface area contributed by atoms with Crippen LogP contribution in [0.5, 0.6) is 5.75 Å². The molecule has 0 radical (unpaired) electrons. The maximum Gasteiger partial charge on any atom is 0.416 e. The van der Waals surface area contributed by atoms with Gasteiger partial charge in [0.15, 0.2) is 0 Å². The summed E-state index contributed by atoms with van der Waals surface area (Å²) in [6.07, 6.45) is 6.26. The molecule has 2 heterocycles. The Labute approximate surface area is 185 Å². The first-order valence-corrected chi connectivity index (χ1v) is 10.0. The average Bonchev–Trinajstić information content (AvgIpc) is 3.35. The number of benzene rings is 2. The maximum atomic E-state index is 13.4.